The van der Waals surface area contributed by atoms with Crippen LogP contribution < -0.4 is 0 Å². The molecule has 0 aliphatic heterocycles. The van der Waals surface area contributed by atoms with E-state index in [0.29, 0.717) is 5.56 Å². The van der Waals surface area contributed by atoms with E-state index in [4.69, 9.17) is 11.6 Å². The molecule has 31 heavy (non-hydrogen) atoms. The molecule has 0 bridgehead atoms. The summed E-state index contributed by atoms with van der Waals surface area (Å²) in [5.74, 6) is -0.684. The Bertz CT molecular complexity index is 1430. The van der Waals surface area contributed by atoms with Gasteiger partial charge in [0.15, 0.2) is 0 Å². The highest BCUT2D eigenvalue weighted by Crippen LogP contribution is 2.37. The molecule has 0 spiro atoms. The zero-order valence-corrected chi connectivity index (χ0v) is 17.1. The number of sulfone groups is 1. The molecule has 0 fully saturated rings. The maximum atomic E-state index is 13.6. The van der Waals surface area contributed by atoms with E-state index in [1.165, 1.54) is 30.5 Å². The van der Waals surface area contributed by atoms with Gasteiger partial charge in [0.25, 0.3) is 0 Å². The van der Waals surface area contributed by atoms with E-state index in [2.05, 4.69) is 15.1 Å². The zero-order chi connectivity index (χ0) is 22.6. The molecule has 4 rings (SSSR count). The first-order valence-electron chi connectivity index (χ1n) is 8.53. The van der Waals surface area contributed by atoms with Crippen molar-refractivity contribution >= 4 is 27.0 Å². The summed E-state index contributed by atoms with van der Waals surface area (Å²) >= 11 is 5.87. The van der Waals surface area contributed by atoms with E-state index >= 15 is 0 Å². The minimum absolute atomic E-state index is 0.112. The van der Waals surface area contributed by atoms with Crippen molar-refractivity contribution in [2.45, 2.75) is 11.3 Å². The van der Waals surface area contributed by atoms with Crippen LogP contribution in [0, 0.1) is 5.82 Å². The monoisotopic (exact) mass is 470 g/mol. The Hall–Kier alpha value is -3.05. The third-order valence-corrected chi connectivity index (χ3v) is 5.52. The largest absolute Gasteiger partial charge is 0.417 e. The van der Waals surface area contributed by atoms with Crippen LogP contribution in [0.3, 0.4) is 0 Å². The second-order valence-corrected chi connectivity index (χ2v) is 8.91. The molecule has 0 aliphatic carbocycles. The fraction of sp³-hybridized carbons (Fsp3) is 0.105. The van der Waals surface area contributed by atoms with Crippen molar-refractivity contribution in [1.82, 2.24) is 19.6 Å². The number of fused-ring (bicyclic) bond motifs is 1. The predicted octanol–water partition coefficient (Wildman–Crippen LogP) is 4.67. The molecule has 160 valence electrons. The molecule has 0 N–H and O–H groups in total. The van der Waals surface area contributed by atoms with E-state index in [-0.39, 0.29) is 27.5 Å². The lowest BCUT2D eigenvalue weighted by Crippen LogP contribution is -2.06. The van der Waals surface area contributed by atoms with Crippen molar-refractivity contribution < 1.29 is 26.0 Å². The van der Waals surface area contributed by atoms with Gasteiger partial charge in [0.2, 0.25) is 15.0 Å². The zero-order valence-electron chi connectivity index (χ0n) is 15.5. The summed E-state index contributed by atoms with van der Waals surface area (Å²) < 4.78 is 77.9. The van der Waals surface area contributed by atoms with E-state index < -0.39 is 32.6 Å². The Balaban J connectivity index is 2.05. The van der Waals surface area contributed by atoms with Gasteiger partial charge >= 0.3 is 6.18 Å². The SMILES string of the molecule is CS(=O)(=O)c1nccc(-c2c(-c3ccc(F)c(Cl)c3)nn3cc(C(F)(F)F)ccc23)n1. The number of nitrogens with zero attached hydrogens (tertiary/aromatic N) is 4. The highest BCUT2D eigenvalue weighted by atomic mass is 35.5. The van der Waals surface area contributed by atoms with E-state index in [1.54, 1.807) is 0 Å². The molecule has 0 radical (unpaired) electrons. The lowest BCUT2D eigenvalue weighted by molar-refractivity contribution is -0.137. The van der Waals surface area contributed by atoms with Crippen molar-refractivity contribution in [1.29, 1.82) is 0 Å². The summed E-state index contributed by atoms with van der Waals surface area (Å²) in [4.78, 5) is 7.78. The van der Waals surface area contributed by atoms with Crippen molar-refractivity contribution in [2.75, 3.05) is 6.26 Å². The molecule has 0 saturated carbocycles. The summed E-state index contributed by atoms with van der Waals surface area (Å²) in [7, 11) is -3.75. The van der Waals surface area contributed by atoms with Gasteiger partial charge in [0.1, 0.15) is 11.5 Å². The molecule has 1 aromatic carbocycles. The van der Waals surface area contributed by atoms with Gasteiger partial charge in [-0.2, -0.15) is 18.3 Å². The third kappa shape index (κ3) is 3.98. The lowest BCUT2D eigenvalue weighted by Gasteiger charge is -2.07. The van der Waals surface area contributed by atoms with Crippen LogP contribution in [0.4, 0.5) is 17.6 Å². The summed E-state index contributed by atoms with van der Waals surface area (Å²) in [5, 5.41) is 3.55. The van der Waals surface area contributed by atoms with Crippen molar-refractivity contribution in [2.24, 2.45) is 0 Å². The van der Waals surface area contributed by atoms with Gasteiger partial charge in [0.05, 0.1) is 27.4 Å². The highest BCUT2D eigenvalue weighted by Gasteiger charge is 2.32. The first kappa shape index (κ1) is 21.2. The van der Waals surface area contributed by atoms with Crippen LogP contribution in [-0.4, -0.2) is 34.3 Å². The van der Waals surface area contributed by atoms with Crippen molar-refractivity contribution in [3.63, 3.8) is 0 Å². The number of aromatic nitrogens is 4. The number of halogens is 5. The Morgan fingerprint density at radius 1 is 1.10 bits per heavy atom. The maximum absolute atomic E-state index is 13.6. The lowest BCUT2D eigenvalue weighted by atomic mass is 10.0. The molecule has 0 saturated heterocycles. The average Bonchev–Trinajstić information content (AvgIpc) is 3.07. The number of hydrogen-bond acceptors (Lipinski definition) is 5. The van der Waals surface area contributed by atoms with Gasteiger partial charge in [-0.25, -0.2) is 27.3 Å². The summed E-state index contributed by atoms with van der Waals surface area (Å²) in [6.07, 6.45) is -1.66. The maximum Gasteiger partial charge on any atom is 0.417 e. The number of rotatable bonds is 3. The first-order chi connectivity index (χ1) is 14.4. The Labute approximate surface area is 178 Å². The first-order valence-corrected chi connectivity index (χ1v) is 10.8. The number of benzene rings is 1. The van der Waals surface area contributed by atoms with Crippen LogP contribution in [0.1, 0.15) is 5.56 Å². The van der Waals surface area contributed by atoms with Gasteiger partial charge in [0, 0.05) is 24.2 Å². The number of alkyl halides is 3. The molecule has 3 aromatic heterocycles. The van der Waals surface area contributed by atoms with E-state index in [0.717, 1.165) is 29.1 Å². The highest BCUT2D eigenvalue weighted by molar-refractivity contribution is 7.90. The molecule has 6 nitrogen and oxygen atoms in total. The molecule has 0 unspecified atom stereocenters. The van der Waals surface area contributed by atoms with Gasteiger partial charge in [-0.3, -0.25) is 0 Å². The van der Waals surface area contributed by atoms with Crippen molar-refractivity contribution in [3.05, 3.63) is 65.2 Å². The Kier molecular flexibility index (Phi) is 4.97. The Morgan fingerprint density at radius 3 is 2.48 bits per heavy atom. The van der Waals surface area contributed by atoms with Crippen molar-refractivity contribution in [3.8, 4) is 22.5 Å². The van der Waals surface area contributed by atoms with Gasteiger partial charge in [-0.15, -0.1) is 0 Å². The van der Waals surface area contributed by atoms with Crippen LogP contribution in [0.15, 0.2) is 53.9 Å². The third-order valence-electron chi connectivity index (χ3n) is 4.37. The quantitative estimate of drug-likeness (QED) is 0.321. The van der Waals surface area contributed by atoms with E-state index in [9.17, 15) is 26.0 Å². The van der Waals surface area contributed by atoms with Gasteiger partial charge < -0.3 is 0 Å². The van der Waals surface area contributed by atoms with Crippen LogP contribution in [0.2, 0.25) is 5.02 Å². The van der Waals surface area contributed by atoms with Crippen LogP contribution >= 0.6 is 11.6 Å². The number of hydrogen-bond donors (Lipinski definition) is 0. The smallest absolute Gasteiger partial charge is 0.239 e. The van der Waals surface area contributed by atoms with Crippen LogP contribution in [0.25, 0.3) is 28.0 Å². The molecule has 3 heterocycles. The molecule has 0 amide bonds. The topological polar surface area (TPSA) is 77.2 Å². The summed E-state index contributed by atoms with van der Waals surface area (Å²) in [6, 6.07) is 7.19. The fourth-order valence-electron chi connectivity index (χ4n) is 2.97. The van der Waals surface area contributed by atoms with Crippen LogP contribution in [-0.2, 0) is 16.0 Å². The predicted molar refractivity (Wildman–Crippen MR) is 105 cm³/mol. The molecule has 0 atom stereocenters. The Morgan fingerprint density at radius 2 is 1.84 bits per heavy atom. The molecular weight excluding hydrogens is 460 g/mol. The normalized spacial score (nSPS) is 12.5. The minimum atomic E-state index is -4.60. The van der Waals surface area contributed by atoms with Gasteiger partial charge in [-0.05, 0) is 36.4 Å². The average molecular weight is 471 g/mol. The standard InChI is InChI=1S/C19H11ClF4N4O2S/c1-31(29,30)18-25-7-6-14(26-18)16-15-5-3-11(19(22,23)24)9-28(15)27-17(16)10-2-4-13(21)12(20)8-10/h2-9H,1H3. The number of pyridine rings is 1. The second-order valence-electron chi connectivity index (χ2n) is 6.59. The minimum Gasteiger partial charge on any atom is -0.239 e. The molecular formula is C19H11ClF4N4O2S. The van der Waals surface area contributed by atoms with Crippen LogP contribution in [0.5, 0.6) is 0 Å². The fourth-order valence-corrected chi connectivity index (χ4v) is 3.67. The summed E-state index contributed by atoms with van der Waals surface area (Å²) in [5.41, 5.74) is 0.0840. The molecule has 0 aliphatic rings. The summed E-state index contributed by atoms with van der Waals surface area (Å²) in [6.45, 7) is 0. The molecule has 12 heteroatoms. The second kappa shape index (κ2) is 7.27. The van der Waals surface area contributed by atoms with E-state index in [1.807, 2.05) is 0 Å². The van der Waals surface area contributed by atoms with Gasteiger partial charge in [-0.1, -0.05) is 11.6 Å². The molecule has 4 aromatic rings.